The van der Waals surface area contributed by atoms with Gasteiger partial charge in [-0.05, 0) is 13.8 Å². The Morgan fingerprint density at radius 2 is 1.87 bits per heavy atom. The Kier molecular flexibility index (Phi) is 5.51. The molecule has 0 aliphatic rings. The highest BCUT2D eigenvalue weighted by Gasteiger charge is 2.28. The molecule has 0 saturated carbocycles. The number of thiol groups is 2. The molecular weight excluding hydrogens is 232 g/mol. The highest BCUT2D eigenvalue weighted by molar-refractivity contribution is 7.82. The second-order valence-electron chi connectivity index (χ2n) is 4.00. The van der Waals surface area contributed by atoms with E-state index in [4.69, 9.17) is 0 Å². The molecule has 2 amide bonds. The SMILES string of the molecule is CN(C)C(=O)[C@H](CS)NC(=O)C(C)(C)S. The lowest BCUT2D eigenvalue weighted by Gasteiger charge is -2.24. The third kappa shape index (κ3) is 4.79. The Morgan fingerprint density at radius 3 is 2.13 bits per heavy atom. The number of nitrogens with zero attached hydrogens (tertiary/aromatic N) is 1. The van der Waals surface area contributed by atoms with Crippen LogP contribution in [0.1, 0.15) is 13.8 Å². The van der Waals surface area contributed by atoms with E-state index in [9.17, 15) is 9.59 Å². The summed E-state index contributed by atoms with van der Waals surface area (Å²) in [5.41, 5.74) is 0. The van der Waals surface area contributed by atoms with Crippen molar-refractivity contribution in [2.45, 2.75) is 24.6 Å². The first-order chi connectivity index (χ1) is 6.70. The molecule has 0 fully saturated rings. The molecule has 1 atom stereocenters. The van der Waals surface area contributed by atoms with Crippen molar-refractivity contribution in [2.24, 2.45) is 0 Å². The Hall–Kier alpha value is -0.360. The summed E-state index contributed by atoms with van der Waals surface area (Å²) in [4.78, 5) is 24.6. The van der Waals surface area contributed by atoms with Crippen molar-refractivity contribution in [2.75, 3.05) is 19.8 Å². The number of rotatable bonds is 4. The van der Waals surface area contributed by atoms with E-state index >= 15 is 0 Å². The molecule has 0 heterocycles. The summed E-state index contributed by atoms with van der Waals surface area (Å²) in [7, 11) is 3.27. The molecule has 0 bridgehead atoms. The number of carbonyl (C=O) groups is 2. The summed E-state index contributed by atoms with van der Waals surface area (Å²) >= 11 is 8.15. The van der Waals surface area contributed by atoms with Gasteiger partial charge in [-0.3, -0.25) is 9.59 Å². The molecule has 0 aliphatic carbocycles. The lowest BCUT2D eigenvalue weighted by atomic mass is 10.1. The maximum atomic E-state index is 11.6. The zero-order valence-corrected chi connectivity index (χ0v) is 11.2. The lowest BCUT2D eigenvalue weighted by molar-refractivity contribution is -0.134. The Balaban J connectivity index is 4.48. The topological polar surface area (TPSA) is 49.4 Å². The molecule has 0 aromatic heterocycles. The van der Waals surface area contributed by atoms with Gasteiger partial charge in [0.15, 0.2) is 0 Å². The van der Waals surface area contributed by atoms with Gasteiger partial charge >= 0.3 is 0 Å². The summed E-state index contributed by atoms with van der Waals surface area (Å²) in [6, 6.07) is -0.595. The van der Waals surface area contributed by atoms with E-state index in [0.29, 0.717) is 0 Å². The molecular formula is C9H18N2O2S2. The van der Waals surface area contributed by atoms with Gasteiger partial charge in [0, 0.05) is 19.8 Å². The van der Waals surface area contributed by atoms with E-state index in [1.807, 2.05) is 0 Å². The summed E-state index contributed by atoms with van der Waals surface area (Å²) in [5, 5.41) is 2.60. The highest BCUT2D eigenvalue weighted by Crippen LogP contribution is 2.12. The van der Waals surface area contributed by atoms with Crippen molar-refractivity contribution in [3.63, 3.8) is 0 Å². The monoisotopic (exact) mass is 250 g/mol. The lowest BCUT2D eigenvalue weighted by Crippen LogP contribution is -2.51. The largest absolute Gasteiger partial charge is 0.347 e. The molecule has 0 aliphatic heterocycles. The summed E-state index contributed by atoms with van der Waals surface area (Å²) in [6.07, 6.45) is 0. The van der Waals surface area contributed by atoms with Crippen LogP contribution < -0.4 is 5.32 Å². The van der Waals surface area contributed by atoms with Crippen LogP contribution in [0.4, 0.5) is 0 Å². The predicted octanol–water partition coefficient (Wildman–Crippen LogP) is 0.198. The van der Waals surface area contributed by atoms with Crippen molar-refractivity contribution in [1.82, 2.24) is 10.2 Å². The maximum Gasteiger partial charge on any atom is 0.245 e. The average Bonchev–Trinajstić information content (AvgIpc) is 2.10. The third-order valence-electron chi connectivity index (χ3n) is 1.78. The minimum Gasteiger partial charge on any atom is -0.347 e. The Bertz CT molecular complexity index is 249. The van der Waals surface area contributed by atoms with Crippen molar-refractivity contribution in [1.29, 1.82) is 0 Å². The number of likely N-dealkylation sites (N-methyl/N-ethyl adjacent to an activating group) is 1. The predicted molar refractivity (Wildman–Crippen MR) is 67.5 cm³/mol. The van der Waals surface area contributed by atoms with E-state index in [2.05, 4.69) is 30.6 Å². The van der Waals surface area contributed by atoms with Crippen LogP contribution in [0.25, 0.3) is 0 Å². The molecule has 0 unspecified atom stereocenters. The van der Waals surface area contributed by atoms with E-state index in [1.54, 1.807) is 27.9 Å². The van der Waals surface area contributed by atoms with Crippen LogP contribution in [0, 0.1) is 0 Å². The molecule has 4 nitrogen and oxygen atoms in total. The van der Waals surface area contributed by atoms with Gasteiger partial charge < -0.3 is 10.2 Å². The fourth-order valence-electron chi connectivity index (χ4n) is 0.832. The first-order valence-electron chi connectivity index (χ1n) is 4.55. The van der Waals surface area contributed by atoms with E-state index < -0.39 is 10.8 Å². The van der Waals surface area contributed by atoms with E-state index in [0.717, 1.165) is 0 Å². The average molecular weight is 250 g/mol. The molecule has 0 radical (unpaired) electrons. The first kappa shape index (κ1) is 14.6. The Labute approximate surface area is 102 Å². The molecule has 88 valence electrons. The summed E-state index contributed by atoms with van der Waals surface area (Å²) in [5.74, 6) is -0.178. The number of amides is 2. The van der Waals surface area contributed by atoms with Crippen LogP contribution in [0.5, 0.6) is 0 Å². The van der Waals surface area contributed by atoms with Crippen LogP contribution >= 0.6 is 25.3 Å². The van der Waals surface area contributed by atoms with Gasteiger partial charge in [-0.15, -0.1) is 0 Å². The normalized spacial score (nSPS) is 13.2. The standard InChI is InChI=1S/C9H18N2O2S2/c1-9(2,15)8(13)10-6(5-14)7(12)11(3)4/h6,14-15H,5H2,1-4H3,(H,10,13)/t6-/m0/s1. The third-order valence-corrected chi connectivity index (χ3v) is 2.35. The summed E-state index contributed by atoms with van der Waals surface area (Å²) in [6.45, 7) is 3.34. The fourth-order valence-corrected chi connectivity index (χ4v) is 1.14. The van der Waals surface area contributed by atoms with Gasteiger partial charge in [-0.2, -0.15) is 25.3 Å². The second-order valence-corrected chi connectivity index (χ2v) is 5.48. The molecule has 0 spiro atoms. The van der Waals surface area contributed by atoms with E-state index in [1.165, 1.54) is 4.90 Å². The molecule has 1 N–H and O–H groups in total. The van der Waals surface area contributed by atoms with Crippen molar-refractivity contribution in [3.05, 3.63) is 0 Å². The fraction of sp³-hybridized carbons (Fsp3) is 0.778. The number of carbonyl (C=O) groups excluding carboxylic acids is 2. The molecule has 6 heteroatoms. The van der Waals surface area contributed by atoms with Crippen LogP contribution in [-0.2, 0) is 9.59 Å². The van der Waals surface area contributed by atoms with Crippen LogP contribution in [-0.4, -0.2) is 47.4 Å². The zero-order chi connectivity index (χ0) is 12.2. The summed E-state index contributed by atoms with van der Waals surface area (Å²) < 4.78 is -0.798. The van der Waals surface area contributed by atoms with Crippen LogP contribution in [0.3, 0.4) is 0 Å². The smallest absolute Gasteiger partial charge is 0.245 e. The first-order valence-corrected chi connectivity index (χ1v) is 5.63. The molecule has 0 aromatic rings. The van der Waals surface area contributed by atoms with Crippen LogP contribution in [0.2, 0.25) is 0 Å². The maximum absolute atomic E-state index is 11.6. The zero-order valence-electron chi connectivity index (χ0n) is 9.44. The van der Waals surface area contributed by atoms with Crippen molar-refractivity contribution in [3.8, 4) is 0 Å². The molecule has 0 rings (SSSR count). The van der Waals surface area contributed by atoms with Gasteiger partial charge in [0.2, 0.25) is 11.8 Å². The van der Waals surface area contributed by atoms with Crippen LogP contribution in [0.15, 0.2) is 0 Å². The molecule has 0 aromatic carbocycles. The second kappa shape index (κ2) is 5.65. The number of nitrogens with one attached hydrogen (secondary N) is 1. The minimum absolute atomic E-state index is 0.170. The quantitative estimate of drug-likeness (QED) is 0.624. The number of hydrogen-bond acceptors (Lipinski definition) is 4. The Morgan fingerprint density at radius 1 is 1.40 bits per heavy atom. The van der Waals surface area contributed by atoms with Gasteiger partial charge in [-0.1, -0.05) is 0 Å². The van der Waals surface area contributed by atoms with Gasteiger partial charge in [-0.25, -0.2) is 0 Å². The molecule has 0 saturated heterocycles. The minimum atomic E-state index is -0.798. The number of hydrogen-bond donors (Lipinski definition) is 3. The van der Waals surface area contributed by atoms with Gasteiger partial charge in [0.1, 0.15) is 6.04 Å². The van der Waals surface area contributed by atoms with Crippen molar-refractivity contribution >= 4 is 37.1 Å². The highest BCUT2D eigenvalue weighted by atomic mass is 32.1. The van der Waals surface area contributed by atoms with Gasteiger partial charge in [0.25, 0.3) is 0 Å². The van der Waals surface area contributed by atoms with Gasteiger partial charge in [0.05, 0.1) is 4.75 Å². The van der Waals surface area contributed by atoms with E-state index in [-0.39, 0.29) is 17.6 Å². The molecule has 15 heavy (non-hydrogen) atoms. The van der Waals surface area contributed by atoms with Crippen molar-refractivity contribution < 1.29 is 9.59 Å².